The number of benzene rings is 2. The number of carbonyl (C=O) groups is 1. The molecule has 0 aliphatic carbocycles. The van der Waals surface area contributed by atoms with Gasteiger partial charge in [0.1, 0.15) is 12.4 Å². The summed E-state index contributed by atoms with van der Waals surface area (Å²) >= 11 is 1.39. The number of ketones is 1. The molecule has 0 N–H and O–H groups in total. The van der Waals surface area contributed by atoms with E-state index in [2.05, 4.69) is 29.8 Å². The van der Waals surface area contributed by atoms with Gasteiger partial charge in [0.05, 0.1) is 5.75 Å². The maximum atomic E-state index is 12.8. The van der Waals surface area contributed by atoms with Crippen LogP contribution in [0.4, 0.5) is 0 Å². The van der Waals surface area contributed by atoms with E-state index in [1.807, 2.05) is 55.7 Å². The fourth-order valence-electron chi connectivity index (χ4n) is 3.17. The third kappa shape index (κ3) is 5.19. The number of allylic oxidation sites excluding steroid dienone is 1. The second-order valence-electron chi connectivity index (χ2n) is 7.37. The summed E-state index contributed by atoms with van der Waals surface area (Å²) < 4.78 is 7.81. The third-order valence-electron chi connectivity index (χ3n) is 4.94. The molecule has 0 radical (unpaired) electrons. The number of aryl methyl sites for hydroxylation is 4. The largest absolute Gasteiger partial charge is 0.486 e. The Morgan fingerprint density at radius 3 is 2.60 bits per heavy atom. The van der Waals surface area contributed by atoms with Gasteiger partial charge in [0.25, 0.3) is 0 Å². The Morgan fingerprint density at radius 1 is 1.10 bits per heavy atom. The van der Waals surface area contributed by atoms with Crippen LogP contribution in [0.2, 0.25) is 0 Å². The lowest BCUT2D eigenvalue weighted by Crippen LogP contribution is -2.09. The highest BCUT2D eigenvalue weighted by Gasteiger charge is 2.16. The third-order valence-corrected chi connectivity index (χ3v) is 5.90. The summed E-state index contributed by atoms with van der Waals surface area (Å²) in [4.78, 5) is 12.8. The first kappa shape index (κ1) is 21.8. The van der Waals surface area contributed by atoms with Crippen molar-refractivity contribution in [1.82, 2.24) is 14.8 Å². The number of rotatable bonds is 9. The highest BCUT2D eigenvalue weighted by atomic mass is 32.2. The van der Waals surface area contributed by atoms with E-state index >= 15 is 0 Å². The monoisotopic (exact) mass is 421 g/mol. The molecule has 30 heavy (non-hydrogen) atoms. The quantitative estimate of drug-likeness (QED) is 0.268. The summed E-state index contributed by atoms with van der Waals surface area (Å²) in [6.07, 6.45) is 1.79. The lowest BCUT2D eigenvalue weighted by molar-refractivity contribution is 0.102. The summed E-state index contributed by atoms with van der Waals surface area (Å²) in [6, 6.07) is 11.9. The Hall–Kier alpha value is -2.86. The van der Waals surface area contributed by atoms with Crippen LogP contribution in [-0.2, 0) is 13.2 Å². The van der Waals surface area contributed by atoms with Crippen molar-refractivity contribution in [2.45, 2.75) is 46.0 Å². The maximum Gasteiger partial charge on any atom is 0.192 e. The standard InChI is InChI=1S/C24H27N3O2S/c1-6-10-27-23(14-29-20-9-7-8-16(2)11-20)25-26-24(27)30-15-22(28)21-13-18(4)17(3)12-19(21)5/h6-9,11-13H,1,10,14-15H2,2-5H3. The van der Waals surface area contributed by atoms with Crippen molar-refractivity contribution in [2.75, 3.05) is 5.75 Å². The normalized spacial score (nSPS) is 10.8. The van der Waals surface area contributed by atoms with E-state index in [0.717, 1.165) is 28.0 Å². The minimum absolute atomic E-state index is 0.0892. The van der Waals surface area contributed by atoms with E-state index in [-0.39, 0.29) is 5.78 Å². The highest BCUT2D eigenvalue weighted by molar-refractivity contribution is 7.99. The van der Waals surface area contributed by atoms with Crippen LogP contribution in [0.15, 0.2) is 54.2 Å². The first-order valence-corrected chi connectivity index (χ1v) is 10.8. The Bertz CT molecular complexity index is 1070. The van der Waals surface area contributed by atoms with Crippen LogP contribution in [0, 0.1) is 27.7 Å². The predicted octanol–water partition coefficient (Wildman–Crippen LogP) is 5.25. The van der Waals surface area contributed by atoms with E-state index < -0.39 is 0 Å². The molecule has 0 aliphatic heterocycles. The van der Waals surface area contributed by atoms with Crippen molar-refractivity contribution in [3.8, 4) is 5.75 Å². The average Bonchev–Trinajstić information content (AvgIpc) is 3.09. The predicted molar refractivity (Wildman–Crippen MR) is 121 cm³/mol. The van der Waals surface area contributed by atoms with Crippen molar-refractivity contribution in [1.29, 1.82) is 0 Å². The molecule has 0 atom stereocenters. The molecule has 0 amide bonds. The van der Waals surface area contributed by atoms with E-state index in [4.69, 9.17) is 4.74 Å². The van der Waals surface area contributed by atoms with Crippen molar-refractivity contribution in [3.05, 3.63) is 82.7 Å². The van der Waals surface area contributed by atoms with E-state index in [9.17, 15) is 4.79 Å². The lowest BCUT2D eigenvalue weighted by atomic mass is 9.99. The fraction of sp³-hybridized carbons (Fsp3) is 0.292. The van der Waals surface area contributed by atoms with Gasteiger partial charge < -0.3 is 4.74 Å². The fourth-order valence-corrected chi connectivity index (χ4v) is 4.02. The van der Waals surface area contributed by atoms with Gasteiger partial charge in [0, 0.05) is 12.1 Å². The molecule has 0 bridgehead atoms. The van der Waals surface area contributed by atoms with Gasteiger partial charge in [0.2, 0.25) is 0 Å². The van der Waals surface area contributed by atoms with Crippen molar-refractivity contribution >= 4 is 17.5 Å². The van der Waals surface area contributed by atoms with Crippen molar-refractivity contribution < 1.29 is 9.53 Å². The number of hydrogen-bond donors (Lipinski definition) is 0. The maximum absolute atomic E-state index is 12.8. The van der Waals surface area contributed by atoms with Crippen LogP contribution in [0.5, 0.6) is 5.75 Å². The SMILES string of the molecule is C=CCn1c(COc2cccc(C)c2)nnc1SCC(=O)c1cc(C)c(C)cc1C. The molecule has 3 rings (SSSR count). The summed E-state index contributed by atoms with van der Waals surface area (Å²) in [5, 5.41) is 9.24. The van der Waals surface area contributed by atoms with E-state index in [1.165, 1.54) is 17.3 Å². The first-order valence-electron chi connectivity index (χ1n) is 9.85. The molecule has 0 aliphatic rings. The molecule has 3 aromatic rings. The minimum atomic E-state index is 0.0892. The molecule has 0 unspecified atom stereocenters. The molecule has 0 spiro atoms. The lowest BCUT2D eigenvalue weighted by Gasteiger charge is -2.10. The van der Waals surface area contributed by atoms with E-state index in [0.29, 0.717) is 29.9 Å². The summed E-state index contributed by atoms with van der Waals surface area (Å²) in [7, 11) is 0. The van der Waals surface area contributed by atoms with E-state index in [1.54, 1.807) is 6.08 Å². The molecular formula is C24H27N3O2S. The zero-order valence-electron chi connectivity index (χ0n) is 17.9. The Kier molecular flexibility index (Phi) is 7.11. The zero-order valence-corrected chi connectivity index (χ0v) is 18.8. The molecule has 2 aromatic carbocycles. The van der Waals surface area contributed by atoms with Gasteiger partial charge in [-0.05, 0) is 68.1 Å². The average molecular weight is 422 g/mol. The zero-order chi connectivity index (χ0) is 21.7. The highest BCUT2D eigenvalue weighted by Crippen LogP contribution is 2.22. The topological polar surface area (TPSA) is 57.0 Å². The van der Waals surface area contributed by atoms with Crippen molar-refractivity contribution in [3.63, 3.8) is 0 Å². The van der Waals surface area contributed by atoms with Gasteiger partial charge in [-0.3, -0.25) is 9.36 Å². The summed E-state index contributed by atoms with van der Waals surface area (Å²) in [5.41, 5.74) is 5.23. The second kappa shape index (κ2) is 9.76. The smallest absolute Gasteiger partial charge is 0.192 e. The Labute approximate surface area is 182 Å². The summed E-state index contributed by atoms with van der Waals surface area (Å²) in [6.45, 7) is 12.8. The van der Waals surface area contributed by atoms with Crippen LogP contribution in [0.25, 0.3) is 0 Å². The van der Waals surface area contributed by atoms with Crippen LogP contribution in [0.1, 0.15) is 38.4 Å². The number of nitrogens with zero attached hydrogens (tertiary/aromatic N) is 3. The minimum Gasteiger partial charge on any atom is -0.486 e. The van der Waals surface area contributed by atoms with Crippen LogP contribution < -0.4 is 4.74 Å². The van der Waals surface area contributed by atoms with Crippen LogP contribution >= 0.6 is 11.8 Å². The Balaban J connectivity index is 1.71. The molecule has 1 heterocycles. The molecule has 1 aromatic heterocycles. The summed E-state index contributed by atoms with van der Waals surface area (Å²) in [5.74, 6) is 1.88. The van der Waals surface area contributed by atoms with Gasteiger partial charge >= 0.3 is 0 Å². The number of hydrogen-bond acceptors (Lipinski definition) is 5. The molecular weight excluding hydrogens is 394 g/mol. The second-order valence-corrected chi connectivity index (χ2v) is 8.31. The molecule has 6 heteroatoms. The molecule has 156 valence electrons. The number of thioether (sulfide) groups is 1. The molecule has 0 saturated carbocycles. The van der Waals surface area contributed by atoms with Crippen LogP contribution in [-0.4, -0.2) is 26.3 Å². The van der Waals surface area contributed by atoms with Gasteiger partial charge in [-0.1, -0.05) is 36.0 Å². The molecule has 5 nitrogen and oxygen atoms in total. The molecule has 0 saturated heterocycles. The number of carbonyl (C=O) groups excluding carboxylic acids is 1. The number of Topliss-reactive ketones (excluding diaryl/α,β-unsaturated/α-hetero) is 1. The van der Waals surface area contributed by atoms with Gasteiger partial charge in [-0.25, -0.2) is 0 Å². The number of aromatic nitrogens is 3. The Morgan fingerprint density at radius 2 is 1.87 bits per heavy atom. The first-order chi connectivity index (χ1) is 14.4. The van der Waals surface area contributed by atoms with Gasteiger partial charge in [-0.15, -0.1) is 16.8 Å². The molecule has 0 fully saturated rings. The van der Waals surface area contributed by atoms with Crippen molar-refractivity contribution in [2.24, 2.45) is 0 Å². The van der Waals surface area contributed by atoms with Gasteiger partial charge in [-0.2, -0.15) is 0 Å². The van der Waals surface area contributed by atoms with Gasteiger partial charge in [0.15, 0.2) is 16.8 Å². The number of ether oxygens (including phenoxy) is 1. The van der Waals surface area contributed by atoms with Crippen LogP contribution in [0.3, 0.4) is 0 Å².